The molecule has 6 heteroatoms. The van der Waals surface area contributed by atoms with Crippen LogP contribution in [0.1, 0.15) is 46.8 Å². The molecule has 0 radical (unpaired) electrons. The van der Waals surface area contributed by atoms with E-state index < -0.39 is 17.4 Å². The van der Waals surface area contributed by atoms with Gasteiger partial charge in [0, 0.05) is 17.0 Å². The zero-order valence-corrected chi connectivity index (χ0v) is 15.9. The van der Waals surface area contributed by atoms with E-state index in [1.165, 1.54) is 12.1 Å². The molecule has 0 atom stereocenters. The molecular weight excluding hydrogens is 371 g/mol. The Hall–Kier alpha value is -2.66. The number of carbonyl (C=O) groups is 1. The lowest BCUT2D eigenvalue weighted by Gasteiger charge is -2.13. The third-order valence-electron chi connectivity index (χ3n) is 4.35. The van der Waals surface area contributed by atoms with E-state index in [1.807, 2.05) is 19.1 Å². The van der Waals surface area contributed by atoms with Gasteiger partial charge in [-0.2, -0.15) is 0 Å². The smallest absolute Gasteiger partial charge is 0.339 e. The summed E-state index contributed by atoms with van der Waals surface area (Å²) in [7, 11) is 0. The first-order valence-electron chi connectivity index (χ1n) is 8.45. The molecular formula is C21H18ClFO4. The average Bonchev–Trinajstić information content (AvgIpc) is 2.58. The second-order valence-corrected chi connectivity index (χ2v) is 7.06. The lowest BCUT2D eigenvalue weighted by molar-refractivity contribution is 0.0474. The molecule has 0 N–H and O–H groups in total. The Bertz CT molecular complexity index is 1090. The average molecular weight is 389 g/mol. The van der Waals surface area contributed by atoms with Crippen LogP contribution in [0.25, 0.3) is 11.0 Å². The highest BCUT2D eigenvalue weighted by Crippen LogP contribution is 2.27. The second-order valence-electron chi connectivity index (χ2n) is 6.65. The lowest BCUT2D eigenvalue weighted by Crippen LogP contribution is -2.09. The number of fused-ring (bicyclic) bond motifs is 1. The molecule has 0 aliphatic carbocycles. The van der Waals surface area contributed by atoms with Crippen molar-refractivity contribution in [3.8, 4) is 0 Å². The number of benzene rings is 2. The molecule has 140 valence electrons. The van der Waals surface area contributed by atoms with Crippen LogP contribution in [0.4, 0.5) is 4.39 Å². The molecule has 27 heavy (non-hydrogen) atoms. The van der Waals surface area contributed by atoms with Crippen molar-refractivity contribution in [1.29, 1.82) is 0 Å². The van der Waals surface area contributed by atoms with E-state index in [9.17, 15) is 14.0 Å². The molecule has 0 amide bonds. The highest BCUT2D eigenvalue weighted by Gasteiger charge is 2.16. The zero-order valence-electron chi connectivity index (χ0n) is 15.1. The number of esters is 1. The first-order chi connectivity index (χ1) is 12.8. The van der Waals surface area contributed by atoms with Gasteiger partial charge in [-0.05, 0) is 54.3 Å². The Kier molecular flexibility index (Phi) is 5.33. The van der Waals surface area contributed by atoms with Gasteiger partial charge >= 0.3 is 11.6 Å². The summed E-state index contributed by atoms with van der Waals surface area (Å²) >= 11 is 5.89. The molecule has 3 rings (SSSR count). The van der Waals surface area contributed by atoms with Crippen molar-refractivity contribution in [3.05, 3.63) is 79.9 Å². The maximum atomic E-state index is 13.1. The summed E-state index contributed by atoms with van der Waals surface area (Å²) in [5.74, 6) is -0.952. The minimum absolute atomic E-state index is 0.0323. The van der Waals surface area contributed by atoms with E-state index in [0.717, 1.165) is 23.3 Å². The van der Waals surface area contributed by atoms with Crippen LogP contribution in [0, 0.1) is 12.7 Å². The van der Waals surface area contributed by atoms with Crippen molar-refractivity contribution < 1.29 is 18.3 Å². The van der Waals surface area contributed by atoms with Crippen molar-refractivity contribution in [3.63, 3.8) is 0 Å². The summed E-state index contributed by atoms with van der Waals surface area (Å²) in [6, 6.07) is 8.51. The summed E-state index contributed by atoms with van der Waals surface area (Å²) in [6.45, 7) is 5.97. The van der Waals surface area contributed by atoms with Gasteiger partial charge in [0.05, 0.1) is 10.6 Å². The van der Waals surface area contributed by atoms with Gasteiger partial charge in [0.2, 0.25) is 0 Å². The first kappa shape index (κ1) is 19.1. The summed E-state index contributed by atoms with van der Waals surface area (Å²) in [6.07, 6.45) is 0. The third kappa shape index (κ3) is 4.03. The van der Waals surface area contributed by atoms with Gasteiger partial charge in [0.25, 0.3) is 0 Å². The van der Waals surface area contributed by atoms with Crippen LogP contribution in [0.5, 0.6) is 0 Å². The molecule has 0 fully saturated rings. The number of rotatable bonds is 4. The predicted octanol–water partition coefficient (Wildman–Crippen LogP) is 5.37. The van der Waals surface area contributed by atoms with Gasteiger partial charge in [-0.3, -0.25) is 0 Å². The van der Waals surface area contributed by atoms with Crippen LogP contribution in [0.3, 0.4) is 0 Å². The van der Waals surface area contributed by atoms with E-state index in [1.54, 1.807) is 0 Å². The lowest BCUT2D eigenvalue weighted by atomic mass is 9.95. The fraction of sp³-hybridized carbons (Fsp3) is 0.238. The predicted molar refractivity (Wildman–Crippen MR) is 102 cm³/mol. The minimum Gasteiger partial charge on any atom is -0.457 e. The van der Waals surface area contributed by atoms with Crippen LogP contribution in [0.2, 0.25) is 5.02 Å². The molecule has 1 heterocycles. The SMILES string of the molecule is Cc1cc2oc(=O)cc(COC(=O)c3ccc(F)cc3Cl)c2cc1C(C)C. The quantitative estimate of drug-likeness (QED) is 0.445. The van der Waals surface area contributed by atoms with Gasteiger partial charge in [-0.25, -0.2) is 14.0 Å². The van der Waals surface area contributed by atoms with Crippen LogP contribution >= 0.6 is 11.6 Å². The highest BCUT2D eigenvalue weighted by molar-refractivity contribution is 6.33. The molecule has 0 spiro atoms. The molecule has 0 saturated carbocycles. The largest absolute Gasteiger partial charge is 0.457 e. The maximum absolute atomic E-state index is 13.1. The van der Waals surface area contributed by atoms with Crippen molar-refractivity contribution >= 4 is 28.5 Å². The normalized spacial score (nSPS) is 11.2. The third-order valence-corrected chi connectivity index (χ3v) is 4.66. The Morgan fingerprint density at radius 2 is 1.96 bits per heavy atom. The van der Waals surface area contributed by atoms with E-state index >= 15 is 0 Å². The van der Waals surface area contributed by atoms with E-state index in [4.69, 9.17) is 20.8 Å². The van der Waals surface area contributed by atoms with Crippen molar-refractivity contribution in [2.75, 3.05) is 0 Å². The van der Waals surface area contributed by atoms with E-state index in [2.05, 4.69) is 13.8 Å². The van der Waals surface area contributed by atoms with Crippen LogP contribution in [0.15, 0.2) is 45.6 Å². The van der Waals surface area contributed by atoms with Gasteiger partial charge in [-0.15, -0.1) is 0 Å². The molecule has 0 bridgehead atoms. The molecule has 0 unspecified atom stereocenters. The summed E-state index contributed by atoms with van der Waals surface area (Å²) in [5.41, 5.74) is 2.65. The molecule has 1 aromatic heterocycles. The summed E-state index contributed by atoms with van der Waals surface area (Å²) in [4.78, 5) is 24.1. The molecule has 0 aliphatic rings. The molecule has 0 saturated heterocycles. The summed E-state index contributed by atoms with van der Waals surface area (Å²) in [5, 5.41) is 0.678. The molecule has 3 aromatic rings. The minimum atomic E-state index is -0.697. The van der Waals surface area contributed by atoms with Gasteiger partial charge in [0.1, 0.15) is 18.0 Å². The molecule has 4 nitrogen and oxygen atoms in total. The van der Waals surface area contributed by atoms with Crippen LogP contribution < -0.4 is 5.63 Å². The number of carbonyl (C=O) groups excluding carboxylic acids is 1. The number of ether oxygens (including phenoxy) is 1. The fourth-order valence-electron chi connectivity index (χ4n) is 3.01. The van der Waals surface area contributed by atoms with Gasteiger partial charge < -0.3 is 9.15 Å². The molecule has 0 aliphatic heterocycles. The Morgan fingerprint density at radius 3 is 2.63 bits per heavy atom. The Morgan fingerprint density at radius 1 is 1.22 bits per heavy atom. The van der Waals surface area contributed by atoms with Gasteiger partial charge in [0.15, 0.2) is 0 Å². The topological polar surface area (TPSA) is 56.5 Å². The van der Waals surface area contributed by atoms with Crippen molar-refractivity contribution in [2.45, 2.75) is 33.3 Å². The van der Waals surface area contributed by atoms with Crippen LogP contribution in [-0.2, 0) is 11.3 Å². The van der Waals surface area contributed by atoms with Crippen LogP contribution in [-0.4, -0.2) is 5.97 Å². The number of hydrogen-bond donors (Lipinski definition) is 0. The van der Waals surface area contributed by atoms with Crippen molar-refractivity contribution in [1.82, 2.24) is 0 Å². The first-order valence-corrected chi connectivity index (χ1v) is 8.83. The van der Waals surface area contributed by atoms with E-state index in [0.29, 0.717) is 16.5 Å². The summed E-state index contributed by atoms with van der Waals surface area (Å²) < 4.78 is 23.7. The number of halogens is 2. The van der Waals surface area contributed by atoms with Crippen molar-refractivity contribution in [2.24, 2.45) is 0 Å². The second kappa shape index (κ2) is 7.53. The zero-order chi connectivity index (χ0) is 19.7. The Labute approximate surface area is 160 Å². The maximum Gasteiger partial charge on any atom is 0.339 e. The monoisotopic (exact) mass is 388 g/mol. The van der Waals surface area contributed by atoms with E-state index in [-0.39, 0.29) is 23.1 Å². The number of hydrogen-bond acceptors (Lipinski definition) is 4. The highest BCUT2D eigenvalue weighted by atomic mass is 35.5. The standard InChI is InChI=1S/C21H18ClFO4/c1-11(2)16-9-17-13(7-20(24)27-19(17)6-12(16)3)10-26-21(25)15-5-4-14(23)8-18(15)22/h4-9,11H,10H2,1-3H3. The van der Waals surface area contributed by atoms with Gasteiger partial charge in [-0.1, -0.05) is 25.4 Å². The Balaban J connectivity index is 1.95. The molecule has 2 aromatic carbocycles. The number of aryl methyl sites for hydroxylation is 1. The fourth-order valence-corrected chi connectivity index (χ4v) is 3.25.